The van der Waals surface area contributed by atoms with Crippen LogP contribution < -0.4 is 0 Å². The summed E-state index contributed by atoms with van der Waals surface area (Å²) in [5, 5.41) is 18.5. The van der Waals surface area contributed by atoms with Gasteiger partial charge >= 0.3 is 0 Å². The van der Waals surface area contributed by atoms with Gasteiger partial charge in [0.25, 0.3) is 0 Å². The fourth-order valence-corrected chi connectivity index (χ4v) is 7.85. The van der Waals surface area contributed by atoms with Crippen LogP contribution in [0.5, 0.6) is 0 Å². The number of aryl methyl sites for hydroxylation is 2. The van der Waals surface area contributed by atoms with E-state index in [0.29, 0.717) is 35.1 Å². The Labute approximate surface area is 282 Å². The van der Waals surface area contributed by atoms with Crippen molar-refractivity contribution in [2.45, 2.75) is 38.2 Å². The van der Waals surface area contributed by atoms with Gasteiger partial charge in [-0.2, -0.15) is 10.5 Å². The fourth-order valence-electron chi connectivity index (χ4n) is 6.32. The van der Waals surface area contributed by atoms with Crippen molar-refractivity contribution >= 4 is 32.1 Å². The lowest BCUT2D eigenvalue weighted by molar-refractivity contribution is 0.547. The highest BCUT2D eigenvalue weighted by atomic mass is 32.2. The number of hydrogen-bond donors (Lipinski definition) is 0. The predicted octanol–water partition coefficient (Wildman–Crippen LogP) is 9.46. The minimum absolute atomic E-state index is 0.209. The molecule has 0 aliphatic heterocycles. The van der Waals surface area contributed by atoms with Crippen LogP contribution in [0.4, 0.5) is 17.6 Å². The monoisotopic (exact) mass is 676 g/mol. The average Bonchev–Trinajstić information content (AvgIpc) is 3.75. The molecule has 0 saturated carbocycles. The molecule has 0 aromatic heterocycles. The van der Waals surface area contributed by atoms with Crippen LogP contribution in [0, 0.1) is 59.8 Å². The maximum atomic E-state index is 15.4. The number of benzene rings is 4. The summed E-state index contributed by atoms with van der Waals surface area (Å²) in [6, 6.07) is 18.9. The first-order valence-corrected chi connectivity index (χ1v) is 17.2. The van der Waals surface area contributed by atoms with Crippen molar-refractivity contribution in [1.82, 2.24) is 0 Å². The summed E-state index contributed by atoms with van der Waals surface area (Å²) in [4.78, 5) is 0. The highest BCUT2D eigenvalue weighted by Crippen LogP contribution is 2.40. The Morgan fingerprint density at radius 2 is 0.878 bits per heavy atom. The van der Waals surface area contributed by atoms with Crippen molar-refractivity contribution < 1.29 is 26.0 Å². The molecule has 2 aliphatic rings. The quantitative estimate of drug-likeness (QED) is 0.174. The second-order valence-corrected chi connectivity index (χ2v) is 14.2. The van der Waals surface area contributed by atoms with Crippen molar-refractivity contribution in [3.63, 3.8) is 0 Å². The second-order valence-electron chi connectivity index (χ2n) is 12.1. The Morgan fingerprint density at radius 1 is 0.551 bits per heavy atom. The lowest BCUT2D eigenvalue weighted by Crippen LogP contribution is -2.13. The van der Waals surface area contributed by atoms with Crippen LogP contribution in [0.1, 0.15) is 68.5 Å². The first kappa shape index (κ1) is 33.4. The van der Waals surface area contributed by atoms with E-state index in [1.807, 2.05) is 24.3 Å². The van der Waals surface area contributed by atoms with E-state index in [1.54, 1.807) is 50.3 Å². The Bertz CT molecular complexity index is 2180. The van der Waals surface area contributed by atoms with Gasteiger partial charge in [-0.25, -0.2) is 26.0 Å². The zero-order valence-electron chi connectivity index (χ0n) is 26.5. The number of sulfone groups is 1. The van der Waals surface area contributed by atoms with E-state index in [9.17, 15) is 18.9 Å². The Hall–Kier alpha value is -5.51. The maximum absolute atomic E-state index is 15.4. The number of rotatable bonds is 8. The summed E-state index contributed by atoms with van der Waals surface area (Å²) < 4.78 is 87.9. The third-order valence-electron chi connectivity index (χ3n) is 8.82. The van der Waals surface area contributed by atoms with E-state index >= 15 is 17.6 Å². The van der Waals surface area contributed by atoms with E-state index in [4.69, 9.17) is 0 Å². The molecule has 0 amide bonds. The normalized spacial score (nSPS) is 14.1. The molecule has 9 heteroatoms. The number of hydrogen-bond acceptors (Lipinski definition) is 4. The molecule has 0 unspecified atom stereocenters. The highest BCUT2D eigenvalue weighted by molar-refractivity contribution is 7.89. The average molecular weight is 677 g/mol. The summed E-state index contributed by atoms with van der Waals surface area (Å²) in [5.41, 5.74) is 5.62. The van der Waals surface area contributed by atoms with Gasteiger partial charge in [-0.05, 0) is 119 Å². The Morgan fingerprint density at radius 3 is 1.18 bits per heavy atom. The molecule has 6 rings (SSSR count). The van der Waals surface area contributed by atoms with Gasteiger partial charge in [-0.1, -0.05) is 48.6 Å². The van der Waals surface area contributed by atoms with Gasteiger partial charge in [-0.15, -0.1) is 0 Å². The van der Waals surface area contributed by atoms with E-state index in [0.717, 1.165) is 57.7 Å². The molecule has 0 radical (unpaired) electrons. The van der Waals surface area contributed by atoms with Crippen molar-refractivity contribution in [2.75, 3.05) is 0 Å². The van der Waals surface area contributed by atoms with Crippen molar-refractivity contribution in [2.24, 2.45) is 0 Å². The molecule has 4 aromatic rings. The zero-order valence-corrected chi connectivity index (χ0v) is 27.4. The molecule has 0 fully saturated rings. The second kappa shape index (κ2) is 13.2. The largest absolute Gasteiger partial charge is 0.228 e. The summed E-state index contributed by atoms with van der Waals surface area (Å²) in [7, 11) is -4.44. The Balaban J connectivity index is 1.22. The van der Waals surface area contributed by atoms with E-state index in [1.165, 1.54) is 0 Å². The summed E-state index contributed by atoms with van der Waals surface area (Å²) in [6.07, 6.45) is 8.43. The van der Waals surface area contributed by atoms with Gasteiger partial charge in [-0.3, -0.25) is 0 Å². The molecule has 0 atom stereocenters. The minimum Gasteiger partial charge on any atom is -0.228 e. The Kier molecular flexibility index (Phi) is 8.98. The van der Waals surface area contributed by atoms with Crippen LogP contribution in [0.2, 0.25) is 0 Å². The molecule has 2 aliphatic carbocycles. The minimum atomic E-state index is -4.44. The third kappa shape index (κ3) is 6.63. The summed E-state index contributed by atoms with van der Waals surface area (Å²) in [5.74, 6) is -6.57. The molecule has 0 spiro atoms. The van der Waals surface area contributed by atoms with Gasteiger partial charge in [0, 0.05) is 11.1 Å². The molecular weight excluding hydrogens is 649 g/mol. The molecule has 0 saturated heterocycles. The smallest absolute Gasteiger partial charge is 0.159 e. The van der Waals surface area contributed by atoms with Gasteiger partial charge in [0.05, 0.1) is 34.8 Å². The first-order chi connectivity index (χ1) is 23.4. The summed E-state index contributed by atoms with van der Waals surface area (Å²) in [6.45, 7) is 3.59. The lowest BCUT2D eigenvalue weighted by atomic mass is 9.92. The maximum Gasteiger partial charge on any atom is 0.159 e. The van der Waals surface area contributed by atoms with Gasteiger partial charge in [0.1, 0.15) is 23.3 Å². The van der Waals surface area contributed by atoms with Crippen LogP contribution in [0.15, 0.2) is 85.0 Å². The van der Waals surface area contributed by atoms with Crippen molar-refractivity contribution in [3.8, 4) is 12.1 Å². The zero-order chi connectivity index (χ0) is 35.0. The van der Waals surface area contributed by atoms with Gasteiger partial charge < -0.3 is 0 Å². The molecule has 0 bridgehead atoms. The van der Waals surface area contributed by atoms with Crippen LogP contribution in [0.25, 0.3) is 22.3 Å². The van der Waals surface area contributed by atoms with Gasteiger partial charge in [0.2, 0.25) is 0 Å². The molecule has 0 N–H and O–H groups in total. The van der Waals surface area contributed by atoms with E-state index in [-0.39, 0.29) is 11.1 Å². The lowest BCUT2D eigenvalue weighted by Gasteiger charge is -2.15. The number of nitriles is 2. The standard InChI is InChI=1S/C40H28F4N2O2S/c1-23-13-25(9-11-27(23)19-45)31-5-3-7-33(31)29-15-37(41)35(38(42)16-29)21-49(47,48)22-36-39(43)17-30(18-40(36)44)34-8-4-6-32(34)26-10-12-28(20-46)24(2)14-26/h5-18H,3-4,21-22H2,1-2H3. The predicted molar refractivity (Wildman–Crippen MR) is 182 cm³/mol. The molecule has 0 heterocycles. The van der Waals surface area contributed by atoms with Crippen LogP contribution >= 0.6 is 0 Å². The van der Waals surface area contributed by atoms with Crippen LogP contribution in [-0.4, -0.2) is 8.42 Å². The fraction of sp³-hybridized carbons (Fsp3) is 0.150. The highest BCUT2D eigenvalue weighted by Gasteiger charge is 2.26. The van der Waals surface area contributed by atoms with Crippen molar-refractivity contribution in [1.29, 1.82) is 10.5 Å². The molecule has 244 valence electrons. The van der Waals surface area contributed by atoms with Gasteiger partial charge in [0.15, 0.2) is 9.84 Å². The topological polar surface area (TPSA) is 81.7 Å². The van der Waals surface area contributed by atoms with Crippen LogP contribution in [-0.2, 0) is 21.3 Å². The number of nitrogens with zero attached hydrogens (tertiary/aromatic N) is 2. The molecular formula is C40H28F4N2O2S. The van der Waals surface area contributed by atoms with Crippen molar-refractivity contribution in [3.05, 3.63) is 164 Å². The molecule has 4 aromatic carbocycles. The molecule has 49 heavy (non-hydrogen) atoms. The SMILES string of the molecule is Cc1cc(C2=CCC=C2c2cc(F)c(CS(=O)(=O)Cc3c(F)cc(C4=CCC=C4c4ccc(C#N)c(C)c4)cc3F)c(F)c2)ccc1C#N. The molecule has 4 nitrogen and oxygen atoms in total. The van der Waals surface area contributed by atoms with E-state index < -0.39 is 55.7 Å². The van der Waals surface area contributed by atoms with E-state index in [2.05, 4.69) is 12.1 Å². The number of halogens is 4. The van der Waals surface area contributed by atoms with Crippen LogP contribution in [0.3, 0.4) is 0 Å². The third-order valence-corrected chi connectivity index (χ3v) is 10.3. The number of allylic oxidation sites excluding steroid dienone is 8. The first-order valence-electron chi connectivity index (χ1n) is 15.4. The summed E-state index contributed by atoms with van der Waals surface area (Å²) >= 11 is 0.